The van der Waals surface area contributed by atoms with Gasteiger partial charge in [-0.05, 0) is 25.1 Å². The molecule has 0 unspecified atom stereocenters. The third-order valence-corrected chi connectivity index (χ3v) is 2.43. The number of ether oxygens (including phenoxy) is 1. The Balaban J connectivity index is 2.43. The van der Waals surface area contributed by atoms with Gasteiger partial charge in [0.1, 0.15) is 11.9 Å². The van der Waals surface area contributed by atoms with Crippen LogP contribution in [0.3, 0.4) is 0 Å². The van der Waals surface area contributed by atoms with Crippen LogP contribution in [-0.4, -0.2) is 19.7 Å². The molecule has 1 aliphatic rings. The number of anilines is 1. The van der Waals surface area contributed by atoms with E-state index in [1.54, 1.807) is 0 Å². The number of benzene rings is 1. The maximum Gasteiger partial charge on any atom is 0.143 e. The Labute approximate surface area is 83.1 Å². The summed E-state index contributed by atoms with van der Waals surface area (Å²) in [6.45, 7) is 2.97. The van der Waals surface area contributed by atoms with Gasteiger partial charge >= 0.3 is 0 Å². The molecule has 0 radical (unpaired) electrons. The lowest BCUT2D eigenvalue weighted by Crippen LogP contribution is -2.35. The molecule has 1 aromatic carbocycles. The summed E-state index contributed by atoms with van der Waals surface area (Å²) in [6, 6.07) is 5.71. The molecule has 0 saturated heterocycles. The first kappa shape index (κ1) is 8.70. The summed E-state index contributed by atoms with van der Waals surface area (Å²) < 4.78 is 5.66. The molecule has 13 heavy (non-hydrogen) atoms. The summed E-state index contributed by atoms with van der Waals surface area (Å²) >= 11 is 5.90. The first-order valence-electron chi connectivity index (χ1n) is 4.34. The SMILES string of the molecule is C[C@@H]1CN(C)c2cc(Cl)ccc2O1. The third kappa shape index (κ3) is 1.59. The molecule has 2 rings (SSSR count). The minimum Gasteiger partial charge on any atom is -0.487 e. The molecule has 70 valence electrons. The van der Waals surface area contributed by atoms with Crippen molar-refractivity contribution in [3.63, 3.8) is 0 Å². The second kappa shape index (κ2) is 3.11. The standard InChI is InChI=1S/C10H12ClNO/c1-7-6-12(2)9-5-8(11)3-4-10(9)13-7/h3-5,7H,6H2,1-2H3/t7-/m1/s1. The van der Waals surface area contributed by atoms with Crippen LogP contribution in [0.1, 0.15) is 6.92 Å². The molecule has 0 fully saturated rings. The maximum absolute atomic E-state index is 5.90. The minimum atomic E-state index is 0.249. The number of nitrogens with zero attached hydrogens (tertiary/aromatic N) is 1. The van der Waals surface area contributed by atoms with Crippen LogP contribution >= 0.6 is 11.6 Å². The fraction of sp³-hybridized carbons (Fsp3) is 0.400. The Morgan fingerprint density at radius 3 is 3.08 bits per heavy atom. The smallest absolute Gasteiger partial charge is 0.143 e. The molecule has 3 heteroatoms. The van der Waals surface area contributed by atoms with Gasteiger partial charge in [-0.3, -0.25) is 0 Å². The summed E-state index contributed by atoms with van der Waals surface area (Å²) in [4.78, 5) is 2.16. The lowest BCUT2D eigenvalue weighted by molar-refractivity contribution is 0.215. The number of hydrogen-bond donors (Lipinski definition) is 0. The monoisotopic (exact) mass is 197 g/mol. The minimum absolute atomic E-state index is 0.249. The topological polar surface area (TPSA) is 12.5 Å². The number of fused-ring (bicyclic) bond motifs is 1. The molecular formula is C10H12ClNO. The second-order valence-electron chi connectivity index (χ2n) is 3.42. The first-order chi connectivity index (χ1) is 6.16. The Bertz CT molecular complexity index is 327. The summed E-state index contributed by atoms with van der Waals surface area (Å²) in [6.07, 6.45) is 0.249. The quantitative estimate of drug-likeness (QED) is 0.634. The van der Waals surface area contributed by atoms with E-state index in [0.717, 1.165) is 23.0 Å². The third-order valence-electron chi connectivity index (χ3n) is 2.19. The molecule has 1 aliphatic heterocycles. The van der Waals surface area contributed by atoms with Crippen molar-refractivity contribution >= 4 is 17.3 Å². The Morgan fingerprint density at radius 1 is 1.54 bits per heavy atom. The van der Waals surface area contributed by atoms with Gasteiger partial charge in [0.25, 0.3) is 0 Å². The molecule has 0 amide bonds. The summed E-state index contributed by atoms with van der Waals surface area (Å²) in [5.74, 6) is 0.922. The van der Waals surface area contributed by atoms with E-state index < -0.39 is 0 Å². The van der Waals surface area contributed by atoms with E-state index >= 15 is 0 Å². The van der Waals surface area contributed by atoms with E-state index in [9.17, 15) is 0 Å². The van der Waals surface area contributed by atoms with Gasteiger partial charge in [-0.2, -0.15) is 0 Å². The Hall–Kier alpha value is -0.890. The molecule has 0 spiro atoms. The molecule has 2 nitrogen and oxygen atoms in total. The van der Waals surface area contributed by atoms with E-state index in [0.29, 0.717) is 0 Å². The van der Waals surface area contributed by atoms with Crippen molar-refractivity contribution in [1.29, 1.82) is 0 Å². The van der Waals surface area contributed by atoms with Crippen molar-refractivity contribution in [1.82, 2.24) is 0 Å². The fourth-order valence-corrected chi connectivity index (χ4v) is 1.79. The van der Waals surface area contributed by atoms with Gasteiger partial charge in [0.2, 0.25) is 0 Å². The predicted molar refractivity (Wildman–Crippen MR) is 54.8 cm³/mol. The van der Waals surface area contributed by atoms with Crippen molar-refractivity contribution in [2.75, 3.05) is 18.5 Å². The van der Waals surface area contributed by atoms with E-state index in [4.69, 9.17) is 16.3 Å². The normalized spacial score (nSPS) is 20.8. The van der Waals surface area contributed by atoms with Gasteiger partial charge in [0.15, 0.2) is 0 Å². The molecule has 0 bridgehead atoms. The Kier molecular flexibility index (Phi) is 2.08. The second-order valence-corrected chi connectivity index (χ2v) is 3.86. The Morgan fingerprint density at radius 2 is 2.31 bits per heavy atom. The van der Waals surface area contributed by atoms with Gasteiger partial charge in [-0.1, -0.05) is 11.6 Å². The molecule has 0 aliphatic carbocycles. The number of rotatable bonds is 0. The van der Waals surface area contributed by atoms with Gasteiger partial charge in [-0.25, -0.2) is 0 Å². The number of likely N-dealkylation sites (N-methyl/N-ethyl adjacent to an activating group) is 1. The van der Waals surface area contributed by atoms with Crippen LogP contribution < -0.4 is 9.64 Å². The van der Waals surface area contributed by atoms with E-state index in [1.807, 2.05) is 25.2 Å². The highest BCUT2D eigenvalue weighted by atomic mass is 35.5. The van der Waals surface area contributed by atoms with E-state index in [2.05, 4.69) is 11.8 Å². The number of halogens is 1. The van der Waals surface area contributed by atoms with Crippen LogP contribution in [0.4, 0.5) is 5.69 Å². The van der Waals surface area contributed by atoms with Crippen LogP contribution in [0, 0.1) is 0 Å². The predicted octanol–water partition coefficient (Wildman–Crippen LogP) is 2.56. The van der Waals surface area contributed by atoms with Gasteiger partial charge in [-0.15, -0.1) is 0 Å². The van der Waals surface area contributed by atoms with Crippen molar-refractivity contribution in [2.24, 2.45) is 0 Å². The zero-order valence-corrected chi connectivity index (χ0v) is 8.51. The molecular weight excluding hydrogens is 186 g/mol. The first-order valence-corrected chi connectivity index (χ1v) is 4.72. The lowest BCUT2D eigenvalue weighted by Gasteiger charge is -2.32. The summed E-state index contributed by atoms with van der Waals surface area (Å²) in [5.41, 5.74) is 1.07. The summed E-state index contributed by atoms with van der Waals surface area (Å²) in [7, 11) is 2.05. The molecule has 1 heterocycles. The zero-order chi connectivity index (χ0) is 9.42. The van der Waals surface area contributed by atoms with Gasteiger partial charge in [0.05, 0.1) is 12.2 Å². The van der Waals surface area contributed by atoms with Crippen LogP contribution in [0.2, 0.25) is 5.02 Å². The van der Waals surface area contributed by atoms with Gasteiger partial charge < -0.3 is 9.64 Å². The largest absolute Gasteiger partial charge is 0.487 e. The van der Waals surface area contributed by atoms with Crippen LogP contribution in [0.15, 0.2) is 18.2 Å². The number of hydrogen-bond acceptors (Lipinski definition) is 2. The van der Waals surface area contributed by atoms with Crippen molar-refractivity contribution in [2.45, 2.75) is 13.0 Å². The van der Waals surface area contributed by atoms with E-state index in [1.165, 1.54) is 0 Å². The van der Waals surface area contributed by atoms with Gasteiger partial charge in [0, 0.05) is 12.1 Å². The lowest BCUT2D eigenvalue weighted by atomic mass is 10.2. The van der Waals surface area contributed by atoms with Crippen LogP contribution in [0.25, 0.3) is 0 Å². The van der Waals surface area contributed by atoms with E-state index in [-0.39, 0.29) is 6.10 Å². The highest BCUT2D eigenvalue weighted by Crippen LogP contribution is 2.34. The molecule has 0 aromatic heterocycles. The molecule has 1 atom stereocenters. The summed E-state index contributed by atoms with van der Waals surface area (Å²) in [5, 5.41) is 0.753. The molecule has 1 aromatic rings. The highest BCUT2D eigenvalue weighted by molar-refractivity contribution is 6.30. The average Bonchev–Trinajstić information content (AvgIpc) is 2.06. The van der Waals surface area contributed by atoms with Crippen molar-refractivity contribution < 1.29 is 4.74 Å². The average molecular weight is 198 g/mol. The highest BCUT2D eigenvalue weighted by Gasteiger charge is 2.19. The van der Waals surface area contributed by atoms with Crippen molar-refractivity contribution in [3.8, 4) is 5.75 Å². The zero-order valence-electron chi connectivity index (χ0n) is 7.75. The van der Waals surface area contributed by atoms with Crippen LogP contribution in [0.5, 0.6) is 5.75 Å². The van der Waals surface area contributed by atoms with Crippen LogP contribution in [-0.2, 0) is 0 Å². The fourth-order valence-electron chi connectivity index (χ4n) is 1.63. The maximum atomic E-state index is 5.90. The van der Waals surface area contributed by atoms with Crippen molar-refractivity contribution in [3.05, 3.63) is 23.2 Å². The molecule has 0 N–H and O–H groups in total. The molecule has 0 saturated carbocycles.